The van der Waals surface area contributed by atoms with Crippen molar-refractivity contribution in [3.05, 3.63) is 82.4 Å². The van der Waals surface area contributed by atoms with Crippen molar-refractivity contribution in [3.63, 3.8) is 0 Å². The van der Waals surface area contributed by atoms with Crippen LogP contribution >= 0.6 is 11.3 Å². The van der Waals surface area contributed by atoms with Gasteiger partial charge in [-0.05, 0) is 43.0 Å². The number of carbonyl (C=O) groups is 1. The molecule has 0 N–H and O–H groups in total. The van der Waals surface area contributed by atoms with Gasteiger partial charge < -0.3 is 14.2 Å². The number of aromatic nitrogens is 1. The minimum Gasteiger partial charge on any atom is -0.487 e. The van der Waals surface area contributed by atoms with Crippen LogP contribution in [0.5, 0.6) is 5.75 Å². The molecule has 0 aliphatic carbocycles. The summed E-state index contributed by atoms with van der Waals surface area (Å²) in [4.78, 5) is 17.6. The van der Waals surface area contributed by atoms with Crippen LogP contribution < -0.4 is 4.74 Å². The first kappa shape index (κ1) is 26.6. The largest absolute Gasteiger partial charge is 0.487 e. The molecule has 1 heterocycles. The molecule has 0 saturated carbocycles. The zero-order valence-corrected chi connectivity index (χ0v) is 21.4. The number of rotatable bonds is 9. The van der Waals surface area contributed by atoms with Crippen molar-refractivity contribution in [1.29, 1.82) is 0 Å². The summed E-state index contributed by atoms with van der Waals surface area (Å²) < 4.78 is 55.3. The number of ether oxygens (including phenoxy) is 3. The van der Waals surface area contributed by atoms with Crippen LogP contribution in [-0.2, 0) is 33.5 Å². The van der Waals surface area contributed by atoms with E-state index in [0.29, 0.717) is 22.7 Å². The van der Waals surface area contributed by atoms with E-state index in [-0.39, 0.29) is 13.2 Å². The number of esters is 1. The minimum absolute atomic E-state index is 0.261. The second-order valence-electron chi connectivity index (χ2n) is 8.34. The summed E-state index contributed by atoms with van der Waals surface area (Å²) in [6.45, 7) is 4.15. The van der Waals surface area contributed by atoms with E-state index in [1.165, 1.54) is 30.6 Å². The molecule has 0 spiro atoms. The number of aryl methyl sites for hydroxylation is 1. The zero-order valence-electron chi connectivity index (χ0n) is 20.6. The van der Waals surface area contributed by atoms with E-state index < -0.39 is 23.8 Å². The fraction of sp³-hybridized carbons (Fsp3) is 0.286. The third-order valence-electron chi connectivity index (χ3n) is 5.92. The first-order valence-electron chi connectivity index (χ1n) is 11.7. The first-order valence-corrected chi connectivity index (χ1v) is 12.5. The van der Waals surface area contributed by atoms with E-state index in [0.717, 1.165) is 39.0 Å². The monoisotopic (exact) mass is 529 g/mol. The highest BCUT2D eigenvalue weighted by molar-refractivity contribution is 7.15. The summed E-state index contributed by atoms with van der Waals surface area (Å²) in [7, 11) is 1.48. The summed E-state index contributed by atoms with van der Waals surface area (Å²) >= 11 is 1.39. The third-order valence-corrected chi connectivity index (χ3v) is 7.10. The number of hydrogen-bond donors (Lipinski definition) is 0. The topological polar surface area (TPSA) is 57.7 Å². The van der Waals surface area contributed by atoms with E-state index in [9.17, 15) is 18.0 Å². The molecule has 0 saturated heterocycles. The molecule has 0 aliphatic heterocycles. The number of benzene rings is 3. The Morgan fingerprint density at radius 3 is 2.38 bits per heavy atom. The van der Waals surface area contributed by atoms with Gasteiger partial charge in [-0.1, -0.05) is 42.5 Å². The van der Waals surface area contributed by atoms with Gasteiger partial charge >= 0.3 is 12.1 Å². The van der Waals surface area contributed by atoms with E-state index in [2.05, 4.69) is 4.98 Å². The molecule has 9 heteroatoms. The Bertz CT molecular complexity index is 1380. The van der Waals surface area contributed by atoms with Crippen LogP contribution in [0.15, 0.2) is 60.7 Å². The molecule has 4 aromatic rings. The standard InChI is InChI=1S/C28H26F3NO4S/c1-4-35-27(33)24(34-3)15-19-11-14-23(22-8-6-5-7-21(19)22)36-16-25-17(2)32-26(37-25)18-9-12-20(13-10-18)28(29,30)31/h5-14,24H,4,15-16H2,1-3H3. The smallest absolute Gasteiger partial charge is 0.416 e. The van der Waals surface area contributed by atoms with Gasteiger partial charge in [-0.25, -0.2) is 9.78 Å². The van der Waals surface area contributed by atoms with Gasteiger partial charge in [-0.3, -0.25) is 0 Å². The summed E-state index contributed by atoms with van der Waals surface area (Å²) in [6, 6.07) is 16.5. The molecule has 4 rings (SSSR count). The first-order chi connectivity index (χ1) is 17.7. The minimum atomic E-state index is -4.38. The Hall–Kier alpha value is -3.43. The molecule has 194 valence electrons. The SMILES string of the molecule is CCOC(=O)C(Cc1ccc(OCc2sc(-c3ccc(C(F)(F)F)cc3)nc2C)c2ccccc12)OC. The number of methoxy groups -OCH3 is 1. The average Bonchev–Trinajstić information content (AvgIpc) is 3.26. The molecule has 3 aromatic carbocycles. The summed E-state index contributed by atoms with van der Waals surface area (Å²) in [6.07, 6.45) is -4.73. The van der Waals surface area contributed by atoms with Gasteiger partial charge in [0.05, 0.1) is 22.7 Å². The zero-order chi connectivity index (χ0) is 26.6. The molecule has 1 atom stereocenters. The van der Waals surface area contributed by atoms with Crippen LogP contribution in [0.2, 0.25) is 0 Å². The number of thiazole rings is 1. The maximum atomic E-state index is 12.9. The molecule has 0 aliphatic rings. The predicted octanol–water partition coefficient (Wildman–Crippen LogP) is 6.99. The highest BCUT2D eigenvalue weighted by Crippen LogP contribution is 2.34. The maximum absolute atomic E-state index is 12.9. The Balaban J connectivity index is 1.53. The van der Waals surface area contributed by atoms with Gasteiger partial charge in [0.25, 0.3) is 0 Å². The normalized spacial score (nSPS) is 12.5. The van der Waals surface area contributed by atoms with Crippen molar-refractivity contribution in [2.24, 2.45) is 0 Å². The highest BCUT2D eigenvalue weighted by atomic mass is 32.1. The molecular weight excluding hydrogens is 503 g/mol. The van der Waals surface area contributed by atoms with E-state index in [1.54, 1.807) is 6.92 Å². The van der Waals surface area contributed by atoms with Crippen LogP contribution in [-0.4, -0.2) is 30.8 Å². The van der Waals surface area contributed by atoms with Crippen molar-refractivity contribution >= 4 is 28.1 Å². The van der Waals surface area contributed by atoms with Crippen LogP contribution in [0.1, 0.15) is 28.6 Å². The molecule has 0 bridgehead atoms. The quantitative estimate of drug-likeness (QED) is 0.219. The highest BCUT2D eigenvalue weighted by Gasteiger charge is 2.30. The van der Waals surface area contributed by atoms with Crippen molar-refractivity contribution < 1.29 is 32.2 Å². The lowest BCUT2D eigenvalue weighted by Gasteiger charge is -2.17. The Labute approximate surface area is 216 Å². The van der Waals surface area contributed by atoms with Gasteiger partial charge in [-0.2, -0.15) is 13.2 Å². The van der Waals surface area contributed by atoms with Crippen LogP contribution in [0.3, 0.4) is 0 Å². The van der Waals surface area contributed by atoms with Crippen molar-refractivity contribution in [2.75, 3.05) is 13.7 Å². The summed E-state index contributed by atoms with van der Waals surface area (Å²) in [5.74, 6) is 0.271. The van der Waals surface area contributed by atoms with E-state index in [1.807, 2.05) is 43.3 Å². The van der Waals surface area contributed by atoms with Crippen molar-refractivity contribution in [1.82, 2.24) is 4.98 Å². The molecule has 0 radical (unpaired) electrons. The molecule has 5 nitrogen and oxygen atoms in total. The number of fused-ring (bicyclic) bond motifs is 1. The number of halogens is 3. The van der Waals surface area contributed by atoms with Crippen LogP contribution in [0, 0.1) is 6.92 Å². The van der Waals surface area contributed by atoms with Gasteiger partial charge in [0.1, 0.15) is 17.4 Å². The summed E-state index contributed by atoms with van der Waals surface area (Å²) in [5, 5.41) is 2.47. The molecular formula is C28H26F3NO4S. The number of hydrogen-bond acceptors (Lipinski definition) is 6. The van der Waals surface area contributed by atoms with Crippen molar-refractivity contribution in [3.8, 4) is 16.3 Å². The summed E-state index contributed by atoms with van der Waals surface area (Å²) in [5.41, 5.74) is 1.62. The van der Waals surface area contributed by atoms with Crippen molar-refractivity contribution in [2.45, 2.75) is 39.2 Å². The van der Waals surface area contributed by atoms with E-state index in [4.69, 9.17) is 14.2 Å². The number of alkyl halides is 3. The maximum Gasteiger partial charge on any atom is 0.416 e. The lowest BCUT2D eigenvalue weighted by atomic mass is 9.99. The van der Waals surface area contributed by atoms with E-state index >= 15 is 0 Å². The van der Waals surface area contributed by atoms with Gasteiger partial charge in [0.2, 0.25) is 0 Å². The third kappa shape index (κ3) is 6.11. The number of nitrogens with zero attached hydrogens (tertiary/aromatic N) is 1. The molecule has 1 aromatic heterocycles. The van der Waals surface area contributed by atoms with Crippen LogP contribution in [0.25, 0.3) is 21.3 Å². The lowest BCUT2D eigenvalue weighted by Crippen LogP contribution is -2.27. The lowest BCUT2D eigenvalue weighted by molar-refractivity contribution is -0.154. The Morgan fingerprint density at radius 2 is 1.73 bits per heavy atom. The molecule has 0 fully saturated rings. The van der Waals surface area contributed by atoms with Gasteiger partial charge in [-0.15, -0.1) is 11.3 Å². The number of carbonyl (C=O) groups excluding carboxylic acids is 1. The Morgan fingerprint density at radius 1 is 1.03 bits per heavy atom. The molecule has 0 amide bonds. The molecule has 37 heavy (non-hydrogen) atoms. The predicted molar refractivity (Wildman–Crippen MR) is 137 cm³/mol. The van der Waals surface area contributed by atoms with Gasteiger partial charge in [0, 0.05) is 24.5 Å². The Kier molecular flexibility index (Phi) is 8.14. The fourth-order valence-corrected chi connectivity index (χ4v) is 4.95. The van der Waals surface area contributed by atoms with Crippen LogP contribution in [0.4, 0.5) is 13.2 Å². The second-order valence-corrected chi connectivity index (χ2v) is 9.42. The fourth-order valence-electron chi connectivity index (χ4n) is 3.97. The van der Waals surface area contributed by atoms with Gasteiger partial charge in [0.15, 0.2) is 6.10 Å². The second kappa shape index (κ2) is 11.3. The average molecular weight is 530 g/mol. The molecule has 1 unspecified atom stereocenters.